The van der Waals surface area contributed by atoms with E-state index in [1.54, 1.807) is 4.57 Å². The van der Waals surface area contributed by atoms with Crippen LogP contribution in [0.3, 0.4) is 0 Å². The molecule has 2 aromatic rings. The molecule has 6 atom stereocenters. The van der Waals surface area contributed by atoms with Crippen LogP contribution in [0.25, 0.3) is 11.2 Å². The summed E-state index contributed by atoms with van der Waals surface area (Å²) in [6, 6.07) is -1.24. The molecule has 0 saturated carbocycles. The summed E-state index contributed by atoms with van der Waals surface area (Å²) < 4.78 is 7.36. The van der Waals surface area contributed by atoms with Crippen molar-refractivity contribution in [1.29, 1.82) is 0 Å². The van der Waals surface area contributed by atoms with Gasteiger partial charge >= 0.3 is 0 Å². The molecule has 0 aromatic carbocycles. The van der Waals surface area contributed by atoms with E-state index in [-0.39, 0.29) is 12.4 Å². The molecule has 11 nitrogen and oxygen atoms in total. The first-order valence-corrected chi connectivity index (χ1v) is 8.55. The Kier molecular flexibility index (Phi) is 5.65. The van der Waals surface area contributed by atoms with Crippen molar-refractivity contribution in [3.05, 3.63) is 12.7 Å². The molecule has 0 aliphatic carbocycles. The minimum Gasteiger partial charge on any atom is -0.394 e. The van der Waals surface area contributed by atoms with Gasteiger partial charge in [-0.1, -0.05) is 13.3 Å². The smallest absolute Gasteiger partial charge is 0.167 e. The van der Waals surface area contributed by atoms with Crippen LogP contribution in [0.1, 0.15) is 26.0 Å². The number of rotatable bonds is 7. The summed E-state index contributed by atoms with van der Waals surface area (Å²) in [6.07, 6.45) is 0.490. The first-order chi connectivity index (χ1) is 12.5. The third-order valence-electron chi connectivity index (χ3n) is 4.60. The first-order valence-electron chi connectivity index (χ1n) is 8.55. The molecule has 0 bridgehead atoms. The zero-order chi connectivity index (χ0) is 18.8. The standard InChI is InChI=1S/C15H25N7O4/c1-2-3-7(16)14(25)21-9-11(24)8(4-23)26-15(9)22-6-20-10-12(17)18-5-19-13(10)22/h5-9,11,14-15,21,23-25H,2-4,16H2,1H3,(H2,17,18,19)/t7?,8-,9?,11+,14?,15-/m1/s1. The Morgan fingerprint density at radius 1 is 1.38 bits per heavy atom. The van der Waals surface area contributed by atoms with Crippen molar-refractivity contribution in [2.45, 2.75) is 56.5 Å². The number of anilines is 1. The van der Waals surface area contributed by atoms with E-state index < -0.39 is 36.7 Å². The maximum absolute atomic E-state index is 10.5. The average molecular weight is 367 g/mol. The minimum atomic E-state index is -1.06. The van der Waals surface area contributed by atoms with Gasteiger partial charge in [-0.2, -0.15) is 0 Å². The quantitative estimate of drug-likeness (QED) is 0.302. The number of aliphatic hydroxyl groups is 3. The average Bonchev–Trinajstić information content (AvgIpc) is 3.18. The molecule has 3 rings (SSSR count). The fraction of sp³-hybridized carbons (Fsp3) is 0.667. The van der Waals surface area contributed by atoms with Crippen molar-refractivity contribution in [2.24, 2.45) is 5.73 Å². The Balaban J connectivity index is 1.91. The molecular formula is C15H25N7O4. The van der Waals surface area contributed by atoms with Crippen LogP contribution in [-0.2, 0) is 4.74 Å². The van der Waals surface area contributed by atoms with Gasteiger partial charge in [0.1, 0.15) is 30.3 Å². The molecule has 8 N–H and O–H groups in total. The second-order valence-electron chi connectivity index (χ2n) is 6.41. The maximum atomic E-state index is 10.5. The summed E-state index contributed by atoms with van der Waals surface area (Å²) in [7, 11) is 0. The van der Waals surface area contributed by atoms with Crippen molar-refractivity contribution in [3.8, 4) is 0 Å². The summed E-state index contributed by atoms with van der Waals surface area (Å²) >= 11 is 0. The largest absolute Gasteiger partial charge is 0.394 e. The number of aromatic nitrogens is 4. The summed E-state index contributed by atoms with van der Waals surface area (Å²) in [5.74, 6) is 0.223. The van der Waals surface area contributed by atoms with Crippen molar-refractivity contribution in [3.63, 3.8) is 0 Å². The van der Waals surface area contributed by atoms with Crippen LogP contribution in [0.5, 0.6) is 0 Å². The molecule has 1 aliphatic rings. The lowest BCUT2D eigenvalue weighted by atomic mass is 10.1. The van der Waals surface area contributed by atoms with Crippen LogP contribution in [0.15, 0.2) is 12.7 Å². The van der Waals surface area contributed by atoms with Crippen molar-refractivity contribution in [1.82, 2.24) is 24.8 Å². The number of aliphatic hydroxyl groups excluding tert-OH is 3. The molecule has 144 valence electrons. The summed E-state index contributed by atoms with van der Waals surface area (Å²) in [4.78, 5) is 12.3. The van der Waals surface area contributed by atoms with Crippen LogP contribution >= 0.6 is 0 Å². The van der Waals surface area contributed by atoms with Crippen molar-refractivity contribution in [2.75, 3.05) is 12.3 Å². The fourth-order valence-electron chi connectivity index (χ4n) is 3.18. The Hall–Kier alpha value is -1.89. The van der Waals surface area contributed by atoms with Gasteiger partial charge in [-0.25, -0.2) is 15.0 Å². The fourth-order valence-corrected chi connectivity index (χ4v) is 3.18. The Morgan fingerprint density at radius 2 is 2.15 bits per heavy atom. The zero-order valence-electron chi connectivity index (χ0n) is 14.4. The third-order valence-corrected chi connectivity index (χ3v) is 4.60. The number of nitrogens with two attached hydrogens (primary N) is 2. The van der Waals surface area contributed by atoms with Gasteiger partial charge in [-0.3, -0.25) is 9.88 Å². The number of hydrogen-bond donors (Lipinski definition) is 6. The number of imidazole rings is 1. The van der Waals surface area contributed by atoms with Gasteiger partial charge < -0.3 is 31.5 Å². The summed E-state index contributed by atoms with van der Waals surface area (Å²) in [5.41, 5.74) is 12.6. The molecule has 2 aromatic heterocycles. The normalized spacial score (nSPS) is 28.5. The van der Waals surface area contributed by atoms with E-state index in [0.29, 0.717) is 17.6 Å². The van der Waals surface area contributed by atoms with E-state index in [0.717, 1.165) is 6.42 Å². The SMILES string of the molecule is CCCC(N)C(O)NC1[C@@H](O)[C@@H](CO)O[C@H]1n1cnc2c(N)ncnc21. The predicted molar refractivity (Wildman–Crippen MR) is 92.6 cm³/mol. The Morgan fingerprint density at radius 3 is 2.85 bits per heavy atom. The number of ether oxygens (including phenoxy) is 1. The molecule has 0 amide bonds. The van der Waals surface area contributed by atoms with E-state index in [2.05, 4.69) is 20.3 Å². The van der Waals surface area contributed by atoms with Gasteiger partial charge in [0.05, 0.1) is 19.0 Å². The molecule has 1 fully saturated rings. The molecule has 3 unspecified atom stereocenters. The van der Waals surface area contributed by atoms with E-state index in [4.69, 9.17) is 16.2 Å². The van der Waals surface area contributed by atoms with Gasteiger partial charge in [0, 0.05) is 6.04 Å². The van der Waals surface area contributed by atoms with Crippen molar-refractivity contribution < 1.29 is 20.1 Å². The van der Waals surface area contributed by atoms with Gasteiger partial charge in [-0.15, -0.1) is 0 Å². The monoisotopic (exact) mass is 367 g/mol. The summed E-state index contributed by atoms with van der Waals surface area (Å²) in [6.45, 7) is 1.59. The molecule has 0 spiro atoms. The lowest BCUT2D eigenvalue weighted by molar-refractivity contribution is -0.0451. The lowest BCUT2D eigenvalue weighted by Crippen LogP contribution is -2.54. The van der Waals surface area contributed by atoms with Gasteiger partial charge in [0.15, 0.2) is 17.7 Å². The molecule has 3 heterocycles. The third kappa shape index (κ3) is 3.37. The second kappa shape index (κ2) is 7.78. The van der Waals surface area contributed by atoms with E-state index >= 15 is 0 Å². The highest BCUT2D eigenvalue weighted by atomic mass is 16.5. The van der Waals surface area contributed by atoms with E-state index in [1.807, 2.05) is 6.92 Å². The topological polar surface area (TPSA) is 178 Å². The molecule has 1 aliphatic heterocycles. The highest BCUT2D eigenvalue weighted by molar-refractivity contribution is 5.81. The highest BCUT2D eigenvalue weighted by Crippen LogP contribution is 2.32. The molecule has 11 heteroatoms. The van der Waals surface area contributed by atoms with Crippen LogP contribution in [-0.4, -0.2) is 72.0 Å². The number of hydrogen-bond acceptors (Lipinski definition) is 10. The number of fused-ring (bicyclic) bond motifs is 1. The molecule has 0 radical (unpaired) electrons. The van der Waals surface area contributed by atoms with E-state index in [1.165, 1.54) is 12.7 Å². The number of nitrogen functional groups attached to an aromatic ring is 1. The molecular weight excluding hydrogens is 342 g/mol. The molecule has 26 heavy (non-hydrogen) atoms. The molecule has 1 saturated heterocycles. The summed E-state index contributed by atoms with van der Waals surface area (Å²) in [5, 5.41) is 33.2. The van der Waals surface area contributed by atoms with Crippen LogP contribution in [0.2, 0.25) is 0 Å². The van der Waals surface area contributed by atoms with Gasteiger partial charge in [-0.05, 0) is 6.42 Å². The van der Waals surface area contributed by atoms with Gasteiger partial charge in [0.25, 0.3) is 0 Å². The van der Waals surface area contributed by atoms with Crippen molar-refractivity contribution >= 4 is 17.0 Å². The zero-order valence-corrected chi connectivity index (χ0v) is 14.4. The number of nitrogens with zero attached hydrogens (tertiary/aromatic N) is 4. The Labute approximate surface area is 150 Å². The second-order valence-corrected chi connectivity index (χ2v) is 6.41. The van der Waals surface area contributed by atoms with Crippen LogP contribution < -0.4 is 16.8 Å². The van der Waals surface area contributed by atoms with E-state index in [9.17, 15) is 15.3 Å². The number of nitrogens with one attached hydrogen (secondary N) is 1. The van der Waals surface area contributed by atoms with Gasteiger partial charge in [0.2, 0.25) is 0 Å². The first kappa shape index (κ1) is 18.9. The maximum Gasteiger partial charge on any atom is 0.167 e. The predicted octanol–water partition coefficient (Wildman–Crippen LogP) is -1.94. The Bertz CT molecular complexity index is 742. The lowest BCUT2D eigenvalue weighted by Gasteiger charge is -2.28. The minimum absolute atomic E-state index is 0.223. The highest BCUT2D eigenvalue weighted by Gasteiger charge is 2.46. The van der Waals surface area contributed by atoms with Crippen LogP contribution in [0, 0.1) is 0 Å². The van der Waals surface area contributed by atoms with Crippen LogP contribution in [0.4, 0.5) is 5.82 Å².